The predicted octanol–water partition coefficient (Wildman–Crippen LogP) is 3.90. The van der Waals surface area contributed by atoms with Gasteiger partial charge in [-0.15, -0.1) is 11.6 Å². The van der Waals surface area contributed by atoms with Gasteiger partial charge in [-0.05, 0) is 31.0 Å². The summed E-state index contributed by atoms with van der Waals surface area (Å²) in [5.41, 5.74) is 1.75. The van der Waals surface area contributed by atoms with Crippen molar-refractivity contribution in [2.45, 2.75) is 40.7 Å². The molecule has 3 heteroatoms. The van der Waals surface area contributed by atoms with Crippen molar-refractivity contribution in [2.24, 2.45) is 5.41 Å². The smallest absolute Gasteiger partial charge is 0.179 e. The van der Waals surface area contributed by atoms with Crippen molar-refractivity contribution in [1.29, 1.82) is 0 Å². The summed E-state index contributed by atoms with van der Waals surface area (Å²) in [5.74, 6) is 0.931. The molecule has 1 rings (SSSR count). The number of carbonyl (C=O) groups is 1. The number of carbonyl (C=O) groups excluding carboxylic acids is 1. The Labute approximate surface area is 114 Å². The van der Waals surface area contributed by atoms with Crippen LogP contribution in [0.1, 0.15) is 31.9 Å². The first-order valence-electron chi connectivity index (χ1n) is 6.10. The molecule has 100 valence electrons. The monoisotopic (exact) mass is 268 g/mol. The van der Waals surface area contributed by atoms with Crippen LogP contribution in [0.5, 0.6) is 5.75 Å². The lowest BCUT2D eigenvalue weighted by Gasteiger charge is -2.24. The fourth-order valence-corrected chi connectivity index (χ4v) is 1.85. The SMILES string of the molecule is Cc1cccc(OC(CCl)C(=O)C(C)(C)C)c1C. The molecule has 0 aliphatic heterocycles. The van der Waals surface area contributed by atoms with Crippen molar-refractivity contribution < 1.29 is 9.53 Å². The molecular formula is C15H21ClO2. The summed E-state index contributed by atoms with van der Waals surface area (Å²) in [5, 5.41) is 0. The molecule has 1 unspecified atom stereocenters. The summed E-state index contributed by atoms with van der Waals surface area (Å²) in [6, 6.07) is 5.81. The standard InChI is InChI=1S/C15H21ClO2/c1-10-7-6-8-12(11(10)2)18-13(9-16)14(17)15(3,4)5/h6-8,13H,9H2,1-5H3. The maximum Gasteiger partial charge on any atom is 0.179 e. The number of benzene rings is 1. The van der Waals surface area contributed by atoms with E-state index in [1.807, 2.05) is 52.8 Å². The van der Waals surface area contributed by atoms with Gasteiger partial charge in [-0.3, -0.25) is 4.79 Å². The molecule has 1 atom stereocenters. The zero-order valence-corrected chi connectivity index (χ0v) is 12.5. The van der Waals surface area contributed by atoms with Crippen molar-refractivity contribution in [3.8, 4) is 5.75 Å². The lowest BCUT2D eigenvalue weighted by atomic mass is 9.88. The highest BCUT2D eigenvalue weighted by molar-refractivity contribution is 6.20. The normalized spacial score (nSPS) is 13.2. The summed E-state index contributed by atoms with van der Waals surface area (Å²) in [4.78, 5) is 12.2. The third-order valence-electron chi connectivity index (χ3n) is 3.00. The molecule has 1 aromatic rings. The highest BCUT2D eigenvalue weighted by atomic mass is 35.5. The minimum absolute atomic E-state index is 0.0263. The van der Waals surface area contributed by atoms with Crippen LogP contribution in [-0.4, -0.2) is 17.8 Å². The maximum atomic E-state index is 12.2. The number of ether oxygens (including phenoxy) is 1. The molecule has 18 heavy (non-hydrogen) atoms. The molecular weight excluding hydrogens is 248 g/mol. The topological polar surface area (TPSA) is 26.3 Å². The largest absolute Gasteiger partial charge is 0.481 e. The van der Waals surface area contributed by atoms with E-state index in [2.05, 4.69) is 0 Å². The number of alkyl halides is 1. The van der Waals surface area contributed by atoms with Crippen LogP contribution in [0.4, 0.5) is 0 Å². The van der Waals surface area contributed by atoms with E-state index in [1.165, 1.54) is 0 Å². The van der Waals surface area contributed by atoms with Gasteiger partial charge in [0, 0.05) is 5.41 Å². The van der Waals surface area contributed by atoms with Crippen LogP contribution in [0, 0.1) is 19.3 Å². The molecule has 0 aliphatic carbocycles. The van der Waals surface area contributed by atoms with Crippen LogP contribution in [0.2, 0.25) is 0 Å². The Hall–Kier alpha value is -1.02. The lowest BCUT2D eigenvalue weighted by Crippen LogP contribution is -2.38. The summed E-state index contributed by atoms with van der Waals surface area (Å²) < 4.78 is 5.78. The van der Waals surface area contributed by atoms with Gasteiger partial charge in [0.25, 0.3) is 0 Å². The predicted molar refractivity (Wildman–Crippen MR) is 75.5 cm³/mol. The van der Waals surface area contributed by atoms with Crippen LogP contribution in [0.25, 0.3) is 0 Å². The van der Waals surface area contributed by atoms with Crippen LogP contribution in [0.3, 0.4) is 0 Å². The number of halogens is 1. The van der Waals surface area contributed by atoms with E-state index < -0.39 is 11.5 Å². The van der Waals surface area contributed by atoms with Crippen molar-refractivity contribution in [3.63, 3.8) is 0 Å². The van der Waals surface area contributed by atoms with Gasteiger partial charge in [-0.2, -0.15) is 0 Å². The highest BCUT2D eigenvalue weighted by Crippen LogP contribution is 2.25. The number of ketones is 1. The number of Topliss-reactive ketones (excluding diaryl/α,β-unsaturated/α-hetero) is 1. The average Bonchev–Trinajstić information content (AvgIpc) is 2.29. The van der Waals surface area contributed by atoms with E-state index in [1.54, 1.807) is 0 Å². The Kier molecular flexibility index (Phi) is 4.80. The van der Waals surface area contributed by atoms with E-state index in [9.17, 15) is 4.79 Å². The lowest BCUT2D eigenvalue weighted by molar-refractivity contribution is -0.132. The quantitative estimate of drug-likeness (QED) is 0.774. The van der Waals surface area contributed by atoms with Crippen molar-refractivity contribution in [2.75, 3.05) is 5.88 Å². The number of hydrogen-bond donors (Lipinski definition) is 0. The third kappa shape index (κ3) is 3.49. The van der Waals surface area contributed by atoms with Gasteiger partial charge in [0.1, 0.15) is 5.75 Å². The van der Waals surface area contributed by atoms with Crippen LogP contribution >= 0.6 is 11.6 Å². The van der Waals surface area contributed by atoms with Crippen LogP contribution in [-0.2, 0) is 4.79 Å². The zero-order chi connectivity index (χ0) is 13.9. The minimum Gasteiger partial charge on any atom is -0.481 e. The molecule has 0 heterocycles. The molecule has 0 saturated carbocycles. The van der Waals surface area contributed by atoms with Crippen molar-refractivity contribution >= 4 is 17.4 Å². The molecule has 0 radical (unpaired) electrons. The molecule has 0 spiro atoms. The summed E-state index contributed by atoms with van der Waals surface area (Å²) >= 11 is 5.86. The first-order chi connectivity index (χ1) is 8.27. The van der Waals surface area contributed by atoms with Crippen LogP contribution < -0.4 is 4.74 Å². The Morgan fingerprint density at radius 3 is 2.44 bits per heavy atom. The molecule has 2 nitrogen and oxygen atoms in total. The molecule has 0 fully saturated rings. The Morgan fingerprint density at radius 2 is 1.94 bits per heavy atom. The Balaban J connectivity index is 2.94. The minimum atomic E-state index is -0.591. The summed E-state index contributed by atoms with van der Waals surface area (Å²) in [6.07, 6.45) is -0.591. The summed E-state index contributed by atoms with van der Waals surface area (Å²) in [7, 11) is 0. The van der Waals surface area contributed by atoms with Crippen molar-refractivity contribution in [3.05, 3.63) is 29.3 Å². The molecule has 0 aliphatic rings. The first kappa shape index (κ1) is 15.0. The molecule has 0 saturated heterocycles. The molecule has 1 aromatic carbocycles. The highest BCUT2D eigenvalue weighted by Gasteiger charge is 2.30. The van der Waals surface area contributed by atoms with Gasteiger partial charge < -0.3 is 4.74 Å². The fourth-order valence-electron chi connectivity index (χ4n) is 1.64. The van der Waals surface area contributed by atoms with Crippen molar-refractivity contribution in [1.82, 2.24) is 0 Å². The van der Waals surface area contributed by atoms with E-state index in [4.69, 9.17) is 16.3 Å². The number of aryl methyl sites for hydroxylation is 1. The second kappa shape index (κ2) is 5.75. The maximum absolute atomic E-state index is 12.2. The molecule has 0 bridgehead atoms. The molecule has 0 amide bonds. The third-order valence-corrected chi connectivity index (χ3v) is 3.28. The second-order valence-electron chi connectivity index (χ2n) is 5.57. The van der Waals surface area contributed by atoms with Gasteiger partial charge in [0.15, 0.2) is 11.9 Å². The molecule has 0 aromatic heterocycles. The second-order valence-corrected chi connectivity index (χ2v) is 5.88. The number of hydrogen-bond acceptors (Lipinski definition) is 2. The van der Waals surface area contributed by atoms with E-state index in [-0.39, 0.29) is 11.7 Å². The van der Waals surface area contributed by atoms with E-state index in [0.717, 1.165) is 16.9 Å². The number of rotatable bonds is 4. The van der Waals surface area contributed by atoms with Gasteiger partial charge in [-0.25, -0.2) is 0 Å². The van der Waals surface area contributed by atoms with Gasteiger partial charge in [-0.1, -0.05) is 32.9 Å². The van der Waals surface area contributed by atoms with E-state index in [0.29, 0.717) is 0 Å². The van der Waals surface area contributed by atoms with Gasteiger partial charge >= 0.3 is 0 Å². The Bertz CT molecular complexity index is 433. The Morgan fingerprint density at radius 1 is 1.33 bits per heavy atom. The van der Waals surface area contributed by atoms with Gasteiger partial charge in [0.05, 0.1) is 5.88 Å². The van der Waals surface area contributed by atoms with Gasteiger partial charge in [0.2, 0.25) is 0 Å². The zero-order valence-electron chi connectivity index (χ0n) is 11.7. The van der Waals surface area contributed by atoms with E-state index >= 15 is 0 Å². The average molecular weight is 269 g/mol. The molecule has 0 N–H and O–H groups in total. The van der Waals surface area contributed by atoms with Crippen LogP contribution in [0.15, 0.2) is 18.2 Å². The summed E-state index contributed by atoms with van der Waals surface area (Å²) in [6.45, 7) is 9.63. The fraction of sp³-hybridized carbons (Fsp3) is 0.533. The first-order valence-corrected chi connectivity index (χ1v) is 6.64.